The maximum atomic E-state index is 12.8. The van der Waals surface area contributed by atoms with E-state index in [1.54, 1.807) is 42.7 Å². The summed E-state index contributed by atoms with van der Waals surface area (Å²) in [6, 6.07) is 13.5. The largest absolute Gasteiger partial charge is 0.467 e. The molecule has 0 bridgehead atoms. The summed E-state index contributed by atoms with van der Waals surface area (Å²) in [5.74, 6) is 0.883. The maximum absolute atomic E-state index is 12.8. The summed E-state index contributed by atoms with van der Waals surface area (Å²) < 4.78 is 6.82. The van der Waals surface area contributed by atoms with Crippen molar-refractivity contribution in [1.29, 1.82) is 0 Å². The first-order chi connectivity index (χ1) is 15.6. The van der Waals surface area contributed by atoms with Crippen LogP contribution in [-0.4, -0.2) is 38.7 Å². The van der Waals surface area contributed by atoms with Gasteiger partial charge in [0, 0.05) is 30.2 Å². The molecular weight excluding hydrogens is 410 g/mol. The number of furan rings is 1. The van der Waals surface area contributed by atoms with E-state index in [0.29, 0.717) is 42.4 Å². The Morgan fingerprint density at radius 2 is 1.94 bits per heavy atom. The molecule has 1 aromatic carbocycles. The molecule has 0 radical (unpaired) electrons. The van der Waals surface area contributed by atoms with Gasteiger partial charge in [0.25, 0.3) is 11.5 Å². The Labute approximate surface area is 183 Å². The Morgan fingerprint density at radius 3 is 2.66 bits per heavy atom. The van der Waals surface area contributed by atoms with E-state index in [2.05, 4.69) is 20.6 Å². The Hall–Kier alpha value is -3.98. The molecule has 4 rings (SSSR count). The van der Waals surface area contributed by atoms with Crippen molar-refractivity contribution in [2.45, 2.75) is 19.9 Å². The van der Waals surface area contributed by atoms with Crippen LogP contribution >= 0.6 is 0 Å². The molecule has 0 aliphatic carbocycles. The van der Waals surface area contributed by atoms with Crippen molar-refractivity contribution in [2.75, 3.05) is 18.5 Å². The molecule has 0 aliphatic heterocycles. The van der Waals surface area contributed by atoms with Crippen molar-refractivity contribution in [3.05, 3.63) is 82.2 Å². The zero-order valence-electron chi connectivity index (χ0n) is 17.5. The van der Waals surface area contributed by atoms with Gasteiger partial charge in [-0.05, 0) is 55.8 Å². The quantitative estimate of drug-likeness (QED) is 0.365. The molecule has 32 heavy (non-hydrogen) atoms. The standard InChI is InChI=1S/C23H23N5O4/c1-15-19-9-10-20(30)28(17-7-5-16(6-8-17)22(31)24-11-3-12-29)21(19)27-23(26-15)25-14-18-4-2-13-32-18/h2,4-10,13,29H,3,11-12,14H2,1H3,(H,24,31)(H,25,26,27). The van der Waals surface area contributed by atoms with E-state index in [4.69, 9.17) is 9.52 Å². The van der Waals surface area contributed by atoms with E-state index < -0.39 is 0 Å². The van der Waals surface area contributed by atoms with Crippen molar-refractivity contribution < 1.29 is 14.3 Å². The van der Waals surface area contributed by atoms with Crippen LogP contribution < -0.4 is 16.2 Å². The number of aliphatic hydroxyl groups is 1. The lowest BCUT2D eigenvalue weighted by Crippen LogP contribution is -2.25. The highest BCUT2D eigenvalue weighted by Gasteiger charge is 2.13. The van der Waals surface area contributed by atoms with E-state index in [1.165, 1.54) is 10.6 Å². The average Bonchev–Trinajstić information content (AvgIpc) is 3.31. The third-order valence-electron chi connectivity index (χ3n) is 4.95. The number of rotatable bonds is 8. The topological polar surface area (TPSA) is 122 Å². The molecule has 0 saturated carbocycles. The molecule has 0 fully saturated rings. The van der Waals surface area contributed by atoms with Crippen molar-refractivity contribution in [2.24, 2.45) is 0 Å². The van der Waals surface area contributed by atoms with Gasteiger partial charge in [0.2, 0.25) is 5.95 Å². The third-order valence-corrected chi connectivity index (χ3v) is 4.95. The summed E-state index contributed by atoms with van der Waals surface area (Å²) >= 11 is 0. The number of hydrogen-bond acceptors (Lipinski definition) is 7. The van der Waals surface area contributed by atoms with E-state index in [0.717, 1.165) is 16.8 Å². The summed E-state index contributed by atoms with van der Waals surface area (Å²) in [4.78, 5) is 34.0. The number of hydrogen-bond donors (Lipinski definition) is 3. The van der Waals surface area contributed by atoms with Gasteiger partial charge in [0.05, 0.1) is 24.2 Å². The smallest absolute Gasteiger partial charge is 0.256 e. The molecule has 3 N–H and O–H groups in total. The summed E-state index contributed by atoms with van der Waals surface area (Å²) in [7, 11) is 0. The second-order valence-corrected chi connectivity index (χ2v) is 7.19. The molecule has 1 amide bonds. The Balaban J connectivity index is 1.67. The number of fused-ring (bicyclic) bond motifs is 1. The zero-order chi connectivity index (χ0) is 22.5. The molecule has 0 aliphatic rings. The zero-order valence-corrected chi connectivity index (χ0v) is 17.5. The summed E-state index contributed by atoms with van der Waals surface area (Å²) in [5.41, 5.74) is 2.00. The fourth-order valence-electron chi connectivity index (χ4n) is 3.32. The van der Waals surface area contributed by atoms with E-state index in [9.17, 15) is 9.59 Å². The molecule has 9 heteroatoms. The number of carbonyl (C=O) groups is 1. The van der Waals surface area contributed by atoms with Crippen LogP contribution in [0.3, 0.4) is 0 Å². The molecular formula is C23H23N5O4. The van der Waals surface area contributed by atoms with Crippen molar-refractivity contribution in [3.8, 4) is 5.69 Å². The van der Waals surface area contributed by atoms with Gasteiger partial charge in [-0.15, -0.1) is 0 Å². The minimum Gasteiger partial charge on any atom is -0.467 e. The molecule has 3 aromatic heterocycles. The SMILES string of the molecule is Cc1nc(NCc2ccco2)nc2c1ccc(=O)n2-c1ccc(C(=O)NCCCO)cc1. The molecule has 0 unspecified atom stereocenters. The number of nitrogens with one attached hydrogen (secondary N) is 2. The average molecular weight is 433 g/mol. The first-order valence-electron chi connectivity index (χ1n) is 10.2. The van der Waals surface area contributed by atoms with Gasteiger partial charge in [-0.3, -0.25) is 14.2 Å². The van der Waals surface area contributed by atoms with Gasteiger partial charge >= 0.3 is 0 Å². The first kappa shape index (κ1) is 21.3. The normalized spacial score (nSPS) is 10.9. The second kappa shape index (κ2) is 9.44. The number of nitrogens with zero attached hydrogens (tertiary/aromatic N) is 3. The van der Waals surface area contributed by atoms with Crippen LogP contribution in [0.1, 0.15) is 28.2 Å². The van der Waals surface area contributed by atoms with Crippen LogP contribution in [0, 0.1) is 6.92 Å². The third kappa shape index (κ3) is 4.52. The minimum atomic E-state index is -0.243. The fraction of sp³-hybridized carbons (Fsp3) is 0.217. The predicted octanol–water partition coefficient (Wildman–Crippen LogP) is 2.41. The first-order valence-corrected chi connectivity index (χ1v) is 10.2. The van der Waals surface area contributed by atoms with Crippen molar-refractivity contribution >= 4 is 22.9 Å². The molecule has 164 valence electrons. The predicted molar refractivity (Wildman–Crippen MR) is 120 cm³/mol. The number of aryl methyl sites for hydroxylation is 1. The monoisotopic (exact) mass is 433 g/mol. The van der Waals surface area contributed by atoms with Crippen LogP contribution in [0.25, 0.3) is 16.7 Å². The Kier molecular flexibility index (Phi) is 6.27. The highest BCUT2D eigenvalue weighted by atomic mass is 16.3. The van der Waals surface area contributed by atoms with Gasteiger partial charge in [0.1, 0.15) is 5.76 Å². The Bertz CT molecular complexity index is 1280. The lowest BCUT2D eigenvalue weighted by Gasteiger charge is -2.13. The van der Waals surface area contributed by atoms with E-state index >= 15 is 0 Å². The maximum Gasteiger partial charge on any atom is 0.256 e. The Morgan fingerprint density at radius 1 is 1.12 bits per heavy atom. The number of aromatic nitrogens is 3. The highest BCUT2D eigenvalue weighted by molar-refractivity contribution is 5.94. The van der Waals surface area contributed by atoms with Gasteiger partial charge in [-0.2, -0.15) is 4.98 Å². The summed E-state index contributed by atoms with van der Waals surface area (Å²) in [6.45, 7) is 2.68. The van der Waals surface area contributed by atoms with Gasteiger partial charge in [0.15, 0.2) is 5.65 Å². The molecule has 0 saturated heterocycles. The molecule has 4 aromatic rings. The van der Waals surface area contributed by atoms with Crippen LogP contribution in [0.4, 0.5) is 5.95 Å². The second-order valence-electron chi connectivity index (χ2n) is 7.19. The molecule has 0 spiro atoms. The van der Waals surface area contributed by atoms with Crippen LogP contribution in [0.2, 0.25) is 0 Å². The minimum absolute atomic E-state index is 0.0167. The number of benzene rings is 1. The lowest BCUT2D eigenvalue weighted by atomic mass is 10.1. The van der Waals surface area contributed by atoms with Crippen LogP contribution in [0.15, 0.2) is 64.0 Å². The highest BCUT2D eigenvalue weighted by Crippen LogP contribution is 2.19. The van der Waals surface area contributed by atoms with Crippen LogP contribution in [-0.2, 0) is 6.54 Å². The number of amides is 1. The van der Waals surface area contributed by atoms with Gasteiger partial charge < -0.3 is 20.2 Å². The lowest BCUT2D eigenvalue weighted by molar-refractivity contribution is 0.0951. The number of anilines is 1. The van der Waals surface area contributed by atoms with Crippen molar-refractivity contribution in [1.82, 2.24) is 19.9 Å². The van der Waals surface area contributed by atoms with Gasteiger partial charge in [-0.1, -0.05) is 0 Å². The fourth-order valence-corrected chi connectivity index (χ4v) is 3.32. The molecule has 3 heterocycles. The van der Waals surface area contributed by atoms with E-state index in [-0.39, 0.29) is 18.1 Å². The van der Waals surface area contributed by atoms with Crippen molar-refractivity contribution in [3.63, 3.8) is 0 Å². The number of pyridine rings is 1. The molecule has 0 atom stereocenters. The summed E-state index contributed by atoms with van der Waals surface area (Å²) in [6.07, 6.45) is 2.09. The van der Waals surface area contributed by atoms with Gasteiger partial charge in [-0.25, -0.2) is 4.98 Å². The summed E-state index contributed by atoms with van der Waals surface area (Å²) in [5, 5.41) is 15.5. The van der Waals surface area contributed by atoms with E-state index in [1.807, 2.05) is 13.0 Å². The number of carbonyl (C=O) groups excluding carboxylic acids is 1. The van der Waals surface area contributed by atoms with Crippen LogP contribution in [0.5, 0.6) is 0 Å². The number of aliphatic hydroxyl groups excluding tert-OH is 1. The molecule has 9 nitrogen and oxygen atoms in total.